The molecule has 5 nitrogen and oxygen atoms in total. The van der Waals surface area contributed by atoms with E-state index >= 15 is 0 Å². The molecule has 0 radical (unpaired) electrons. The van der Waals surface area contributed by atoms with Gasteiger partial charge in [0.05, 0.1) is 11.6 Å². The summed E-state index contributed by atoms with van der Waals surface area (Å²) in [4.78, 5) is 20.2. The molecule has 0 bridgehead atoms. The first-order valence-electron chi connectivity index (χ1n) is 7.69. The maximum absolute atomic E-state index is 13.2. The van der Waals surface area contributed by atoms with Gasteiger partial charge in [-0.05, 0) is 30.7 Å². The van der Waals surface area contributed by atoms with Crippen LogP contribution in [0.15, 0.2) is 59.6 Å². The SMILES string of the molecule is C[C@H](NC(=O)c1ncoc1-c1ccccc1C(F)(F)F)c1ccncc1. The summed E-state index contributed by atoms with van der Waals surface area (Å²) < 4.78 is 44.8. The van der Waals surface area contributed by atoms with Crippen LogP contribution in [-0.2, 0) is 6.18 Å². The summed E-state index contributed by atoms with van der Waals surface area (Å²) in [5, 5.41) is 2.70. The van der Waals surface area contributed by atoms with Gasteiger partial charge in [-0.1, -0.05) is 18.2 Å². The van der Waals surface area contributed by atoms with E-state index in [1.54, 1.807) is 31.5 Å². The Balaban J connectivity index is 1.91. The van der Waals surface area contributed by atoms with Crippen LogP contribution in [0.3, 0.4) is 0 Å². The minimum atomic E-state index is -4.58. The van der Waals surface area contributed by atoms with Gasteiger partial charge in [0.2, 0.25) is 0 Å². The standard InChI is InChI=1S/C18H14F3N3O2/c1-11(12-6-8-22-9-7-12)24-17(25)15-16(26-10-23-15)13-4-2-3-5-14(13)18(19,20)21/h2-11H,1H3,(H,24,25)/t11-/m0/s1. The van der Waals surface area contributed by atoms with E-state index in [4.69, 9.17) is 4.42 Å². The van der Waals surface area contributed by atoms with E-state index in [9.17, 15) is 18.0 Å². The molecule has 3 rings (SSSR count). The number of halogens is 3. The Morgan fingerprint density at radius 2 is 1.85 bits per heavy atom. The molecule has 0 fully saturated rings. The molecule has 0 aliphatic carbocycles. The zero-order valence-corrected chi connectivity index (χ0v) is 13.6. The highest BCUT2D eigenvalue weighted by atomic mass is 19.4. The molecule has 1 atom stereocenters. The first kappa shape index (κ1) is 17.7. The third-order valence-corrected chi connectivity index (χ3v) is 3.81. The van der Waals surface area contributed by atoms with Crippen LogP contribution in [0.1, 0.15) is 34.6 Å². The van der Waals surface area contributed by atoms with Crippen LogP contribution < -0.4 is 5.32 Å². The van der Waals surface area contributed by atoms with E-state index in [0.29, 0.717) is 0 Å². The molecule has 8 heteroatoms. The minimum Gasteiger partial charge on any atom is -0.443 e. The van der Waals surface area contributed by atoms with E-state index < -0.39 is 17.6 Å². The quantitative estimate of drug-likeness (QED) is 0.754. The van der Waals surface area contributed by atoms with Crippen molar-refractivity contribution in [1.29, 1.82) is 0 Å². The zero-order valence-electron chi connectivity index (χ0n) is 13.6. The van der Waals surface area contributed by atoms with Gasteiger partial charge in [0.15, 0.2) is 17.8 Å². The fourth-order valence-electron chi connectivity index (χ4n) is 2.53. The summed E-state index contributed by atoms with van der Waals surface area (Å²) in [7, 11) is 0. The second-order valence-electron chi connectivity index (χ2n) is 5.55. The highest BCUT2D eigenvalue weighted by Gasteiger charge is 2.35. The third-order valence-electron chi connectivity index (χ3n) is 3.81. The lowest BCUT2D eigenvalue weighted by Gasteiger charge is -2.14. The smallest absolute Gasteiger partial charge is 0.417 e. The van der Waals surface area contributed by atoms with Crippen molar-refractivity contribution in [3.63, 3.8) is 0 Å². The van der Waals surface area contributed by atoms with Crippen molar-refractivity contribution in [3.05, 3.63) is 72.0 Å². The number of benzene rings is 1. The van der Waals surface area contributed by atoms with E-state index in [1.165, 1.54) is 18.2 Å². The topological polar surface area (TPSA) is 68.0 Å². The molecule has 0 spiro atoms. The minimum absolute atomic E-state index is 0.206. The second-order valence-corrected chi connectivity index (χ2v) is 5.55. The first-order valence-corrected chi connectivity index (χ1v) is 7.69. The maximum atomic E-state index is 13.2. The number of hydrogen-bond acceptors (Lipinski definition) is 4. The normalized spacial score (nSPS) is 12.6. The zero-order chi connectivity index (χ0) is 18.7. The van der Waals surface area contributed by atoms with Crippen molar-refractivity contribution in [2.24, 2.45) is 0 Å². The monoisotopic (exact) mass is 361 g/mol. The highest BCUT2D eigenvalue weighted by Crippen LogP contribution is 2.38. The molecule has 1 amide bonds. The Morgan fingerprint density at radius 1 is 1.15 bits per heavy atom. The average Bonchev–Trinajstić information content (AvgIpc) is 3.11. The summed E-state index contributed by atoms with van der Waals surface area (Å²) in [6.45, 7) is 1.75. The Labute approximate surface area is 146 Å². The predicted octanol–water partition coefficient (Wildman–Crippen LogP) is 4.25. The molecule has 2 heterocycles. The number of hydrogen-bond donors (Lipinski definition) is 1. The van der Waals surface area contributed by atoms with Crippen LogP contribution in [0.5, 0.6) is 0 Å². The second kappa shape index (κ2) is 6.99. The van der Waals surface area contributed by atoms with E-state index in [0.717, 1.165) is 18.0 Å². The number of aromatic nitrogens is 2. The van der Waals surface area contributed by atoms with Crippen molar-refractivity contribution >= 4 is 5.91 Å². The van der Waals surface area contributed by atoms with E-state index in [2.05, 4.69) is 15.3 Å². The van der Waals surface area contributed by atoms with Crippen LogP contribution in [0.25, 0.3) is 11.3 Å². The molecule has 0 saturated heterocycles. The molecule has 0 aliphatic heterocycles. The largest absolute Gasteiger partial charge is 0.443 e. The van der Waals surface area contributed by atoms with Gasteiger partial charge < -0.3 is 9.73 Å². The van der Waals surface area contributed by atoms with Gasteiger partial charge in [-0.2, -0.15) is 13.2 Å². The molecule has 1 aromatic carbocycles. The van der Waals surface area contributed by atoms with Crippen LogP contribution in [0.2, 0.25) is 0 Å². The van der Waals surface area contributed by atoms with Crippen molar-refractivity contribution < 1.29 is 22.4 Å². The molecule has 134 valence electrons. The molecule has 0 unspecified atom stereocenters. The Hall–Kier alpha value is -3.16. The maximum Gasteiger partial charge on any atom is 0.417 e. The van der Waals surface area contributed by atoms with Gasteiger partial charge in [0, 0.05) is 18.0 Å². The van der Waals surface area contributed by atoms with Crippen molar-refractivity contribution in [3.8, 4) is 11.3 Å². The number of carbonyl (C=O) groups excluding carboxylic acids is 1. The first-order chi connectivity index (χ1) is 12.4. The third kappa shape index (κ3) is 3.58. The van der Waals surface area contributed by atoms with Crippen LogP contribution in [0.4, 0.5) is 13.2 Å². The lowest BCUT2D eigenvalue weighted by atomic mass is 10.0. The molecule has 2 aromatic heterocycles. The van der Waals surface area contributed by atoms with Gasteiger partial charge in [-0.15, -0.1) is 0 Å². The number of amides is 1. The fraction of sp³-hybridized carbons (Fsp3) is 0.167. The van der Waals surface area contributed by atoms with Gasteiger partial charge >= 0.3 is 6.18 Å². The summed E-state index contributed by atoms with van der Waals surface area (Å²) in [6, 6.07) is 7.96. The predicted molar refractivity (Wildman–Crippen MR) is 87.1 cm³/mol. The van der Waals surface area contributed by atoms with E-state index in [-0.39, 0.29) is 23.1 Å². The van der Waals surface area contributed by atoms with Crippen molar-refractivity contribution in [2.45, 2.75) is 19.1 Å². The number of alkyl halides is 3. The van der Waals surface area contributed by atoms with Crippen molar-refractivity contribution in [1.82, 2.24) is 15.3 Å². The van der Waals surface area contributed by atoms with Gasteiger partial charge in [0.25, 0.3) is 5.91 Å². The molecular formula is C18H14F3N3O2. The number of rotatable bonds is 4. The van der Waals surface area contributed by atoms with Crippen LogP contribution >= 0.6 is 0 Å². The summed E-state index contributed by atoms with van der Waals surface area (Å²) >= 11 is 0. The number of carbonyl (C=O) groups is 1. The highest BCUT2D eigenvalue weighted by molar-refractivity contribution is 5.98. The van der Waals surface area contributed by atoms with Crippen LogP contribution in [-0.4, -0.2) is 15.9 Å². The number of nitrogens with zero attached hydrogens (tertiary/aromatic N) is 2. The number of nitrogens with one attached hydrogen (secondary N) is 1. The summed E-state index contributed by atoms with van der Waals surface area (Å²) in [6.07, 6.45) is -0.464. The molecule has 0 saturated carbocycles. The molecule has 0 aliphatic rings. The molecular weight excluding hydrogens is 347 g/mol. The lowest BCUT2D eigenvalue weighted by Crippen LogP contribution is -2.27. The van der Waals surface area contributed by atoms with E-state index in [1.807, 2.05) is 0 Å². The number of oxazole rings is 1. The fourth-order valence-corrected chi connectivity index (χ4v) is 2.53. The molecule has 1 N–H and O–H groups in total. The lowest BCUT2D eigenvalue weighted by molar-refractivity contribution is -0.137. The van der Waals surface area contributed by atoms with Gasteiger partial charge in [-0.25, -0.2) is 4.98 Å². The Morgan fingerprint density at radius 3 is 2.54 bits per heavy atom. The Kier molecular flexibility index (Phi) is 4.75. The average molecular weight is 361 g/mol. The van der Waals surface area contributed by atoms with Gasteiger partial charge in [0.1, 0.15) is 0 Å². The van der Waals surface area contributed by atoms with Gasteiger partial charge in [-0.3, -0.25) is 9.78 Å². The van der Waals surface area contributed by atoms with Crippen molar-refractivity contribution in [2.75, 3.05) is 0 Å². The number of pyridine rings is 1. The molecule has 3 aromatic rings. The summed E-state index contributed by atoms with van der Waals surface area (Å²) in [5.41, 5.74) is -0.538. The Bertz CT molecular complexity index is 907. The summed E-state index contributed by atoms with van der Waals surface area (Å²) in [5.74, 6) is -0.854. The van der Waals surface area contributed by atoms with Crippen LogP contribution in [0, 0.1) is 0 Å². The molecule has 26 heavy (non-hydrogen) atoms.